The predicted octanol–water partition coefficient (Wildman–Crippen LogP) is 2.33. The lowest BCUT2D eigenvalue weighted by atomic mass is 9.59. The Kier molecular flexibility index (Phi) is 4.97. The van der Waals surface area contributed by atoms with Crippen LogP contribution in [0.3, 0.4) is 0 Å². The molecule has 0 aromatic carbocycles. The predicted molar refractivity (Wildman–Crippen MR) is 115 cm³/mol. The summed E-state index contributed by atoms with van der Waals surface area (Å²) in [7, 11) is 0. The Bertz CT molecular complexity index is 926. The molecule has 3 N–H and O–H groups in total. The van der Waals surface area contributed by atoms with E-state index in [1.54, 1.807) is 39.0 Å². The van der Waals surface area contributed by atoms with Crippen molar-refractivity contribution in [1.29, 1.82) is 0 Å². The van der Waals surface area contributed by atoms with Gasteiger partial charge in [-0.05, 0) is 61.5 Å². The Morgan fingerprint density at radius 3 is 2.58 bits per heavy atom. The largest absolute Gasteiger partial charge is 0.451 e. The molecule has 8 atom stereocenters. The van der Waals surface area contributed by atoms with Gasteiger partial charge in [-0.15, -0.1) is 0 Å². The molecule has 0 heterocycles. The third-order valence-electron chi connectivity index (χ3n) is 8.88. The lowest BCUT2D eigenvalue weighted by molar-refractivity contribution is -0.201. The van der Waals surface area contributed by atoms with Gasteiger partial charge < -0.3 is 20.1 Å². The minimum absolute atomic E-state index is 0.0209. The number of aliphatic hydroxyl groups excluding tert-OH is 2. The zero-order valence-electron chi connectivity index (χ0n) is 19.2. The van der Waals surface area contributed by atoms with Crippen LogP contribution in [0.2, 0.25) is 0 Å². The summed E-state index contributed by atoms with van der Waals surface area (Å²) in [6.07, 6.45) is 3.04. The summed E-state index contributed by atoms with van der Waals surface area (Å²) in [5.41, 5.74) is -2.36. The first-order chi connectivity index (χ1) is 14.4. The van der Waals surface area contributed by atoms with E-state index < -0.39 is 41.7 Å². The van der Waals surface area contributed by atoms with E-state index in [9.17, 15) is 24.9 Å². The van der Waals surface area contributed by atoms with Crippen molar-refractivity contribution in [3.8, 4) is 0 Å². The minimum Gasteiger partial charge on any atom is -0.451 e. The van der Waals surface area contributed by atoms with Crippen LogP contribution in [0.4, 0.5) is 0 Å². The number of fused-ring (bicyclic) bond motifs is 3. The molecule has 4 aliphatic carbocycles. The first-order valence-electron chi connectivity index (χ1n) is 11.2. The van der Waals surface area contributed by atoms with Gasteiger partial charge in [0.15, 0.2) is 17.5 Å². The van der Waals surface area contributed by atoms with E-state index in [4.69, 9.17) is 4.74 Å². The lowest BCUT2D eigenvalue weighted by Crippen LogP contribution is -2.65. The molecule has 0 radical (unpaired) electrons. The number of ether oxygens (including phenoxy) is 1. The van der Waals surface area contributed by atoms with Crippen molar-refractivity contribution in [1.82, 2.24) is 0 Å². The number of ketones is 1. The molecular weight excluding hydrogens is 396 g/mol. The van der Waals surface area contributed by atoms with E-state index >= 15 is 0 Å². The molecule has 31 heavy (non-hydrogen) atoms. The maximum atomic E-state index is 14.2. The van der Waals surface area contributed by atoms with Crippen molar-refractivity contribution in [3.63, 3.8) is 0 Å². The molecule has 2 bridgehead atoms. The molecule has 2 saturated carbocycles. The zero-order chi connectivity index (χ0) is 23.1. The molecular formula is C25H34O6. The monoisotopic (exact) mass is 430 g/mol. The second kappa shape index (κ2) is 6.87. The maximum Gasteiger partial charge on any atom is 0.334 e. The van der Waals surface area contributed by atoms with Crippen LogP contribution in [0.15, 0.2) is 34.9 Å². The van der Waals surface area contributed by atoms with Crippen molar-refractivity contribution in [2.45, 2.75) is 65.8 Å². The van der Waals surface area contributed by atoms with Gasteiger partial charge >= 0.3 is 5.97 Å². The third-order valence-corrected chi connectivity index (χ3v) is 8.88. The van der Waals surface area contributed by atoms with Gasteiger partial charge in [-0.1, -0.05) is 39.0 Å². The summed E-state index contributed by atoms with van der Waals surface area (Å²) in [4.78, 5) is 26.8. The van der Waals surface area contributed by atoms with Gasteiger partial charge in [-0.2, -0.15) is 0 Å². The molecule has 170 valence electrons. The smallest absolute Gasteiger partial charge is 0.334 e. The fraction of sp³-hybridized carbons (Fsp3) is 0.680. The molecule has 6 nitrogen and oxygen atoms in total. The Morgan fingerprint density at radius 2 is 2.00 bits per heavy atom. The van der Waals surface area contributed by atoms with E-state index in [0.29, 0.717) is 17.1 Å². The maximum absolute atomic E-state index is 14.2. The Labute approximate surface area is 183 Å². The van der Waals surface area contributed by atoms with Crippen molar-refractivity contribution in [3.05, 3.63) is 34.9 Å². The van der Waals surface area contributed by atoms with Crippen LogP contribution >= 0.6 is 0 Å². The third kappa shape index (κ3) is 2.61. The Balaban J connectivity index is 1.91. The second-order valence-electron chi connectivity index (χ2n) is 10.6. The summed E-state index contributed by atoms with van der Waals surface area (Å²) < 4.78 is 5.72. The number of rotatable bonds is 3. The number of carbonyl (C=O) groups is 2. The van der Waals surface area contributed by atoms with Gasteiger partial charge in [-0.3, -0.25) is 4.79 Å². The van der Waals surface area contributed by atoms with Gasteiger partial charge in [0.2, 0.25) is 0 Å². The van der Waals surface area contributed by atoms with E-state index in [1.165, 1.54) is 0 Å². The molecule has 1 spiro atoms. The summed E-state index contributed by atoms with van der Waals surface area (Å²) >= 11 is 0. The number of carbonyl (C=O) groups excluding carboxylic acids is 2. The highest BCUT2D eigenvalue weighted by Crippen LogP contribution is 2.71. The van der Waals surface area contributed by atoms with Crippen molar-refractivity contribution >= 4 is 11.8 Å². The first kappa shape index (κ1) is 22.4. The fourth-order valence-corrected chi connectivity index (χ4v) is 6.91. The van der Waals surface area contributed by atoms with Crippen LogP contribution in [-0.4, -0.2) is 51.5 Å². The SMILES string of the molecule is CC=C(C)C(=O)O[C@H]1C(C)=C[C@@]23C(=O)[C@@H](C=C(CO)[C@@H](O)[C@]12O)[C@H]1[C@@H](C[C@H]3C)C1(C)C. The van der Waals surface area contributed by atoms with Crippen molar-refractivity contribution in [2.24, 2.45) is 34.5 Å². The normalized spacial score (nSPS) is 45.6. The quantitative estimate of drug-likeness (QED) is 0.361. The number of allylic oxidation sites excluding steroid dienone is 2. The lowest BCUT2D eigenvalue weighted by Gasteiger charge is -2.48. The number of aliphatic hydroxyl groups is 3. The minimum atomic E-state index is -2.08. The molecule has 0 aliphatic heterocycles. The van der Waals surface area contributed by atoms with Gasteiger partial charge in [0, 0.05) is 11.5 Å². The standard InChI is InChI=1S/C25H34O6/c1-7-12(2)22(29)31-21-13(3)10-24-14(4)8-17-18(23(17,5)6)16(20(24)28)9-15(11-26)19(27)25(21,24)30/h7,9-10,14,16-19,21,26-27,30H,8,11H2,1-6H3/t14-,16+,17-,18+,19-,21+,24-,25+/m1/s1. The summed E-state index contributed by atoms with van der Waals surface area (Å²) in [5, 5.41) is 33.7. The molecule has 0 unspecified atom stereocenters. The molecule has 0 saturated heterocycles. The summed E-state index contributed by atoms with van der Waals surface area (Å²) in [6.45, 7) is 10.8. The number of esters is 1. The van der Waals surface area contributed by atoms with Crippen LogP contribution in [0, 0.1) is 34.5 Å². The van der Waals surface area contributed by atoms with Gasteiger partial charge in [0.25, 0.3) is 0 Å². The van der Waals surface area contributed by atoms with Crippen LogP contribution in [-0.2, 0) is 14.3 Å². The Morgan fingerprint density at radius 1 is 1.35 bits per heavy atom. The van der Waals surface area contributed by atoms with Gasteiger partial charge in [-0.25, -0.2) is 4.79 Å². The average Bonchev–Trinajstić information content (AvgIpc) is 3.21. The van der Waals surface area contributed by atoms with Crippen LogP contribution in [0.1, 0.15) is 48.0 Å². The molecule has 0 amide bonds. The topological polar surface area (TPSA) is 104 Å². The summed E-state index contributed by atoms with van der Waals surface area (Å²) in [5.74, 6) is -1.13. The highest BCUT2D eigenvalue weighted by Gasteiger charge is 2.76. The zero-order valence-corrected chi connectivity index (χ0v) is 19.2. The van der Waals surface area contributed by atoms with E-state index in [1.807, 2.05) is 6.92 Å². The fourth-order valence-electron chi connectivity index (χ4n) is 6.91. The Hall–Kier alpha value is -1.76. The van der Waals surface area contributed by atoms with E-state index in [0.717, 1.165) is 6.42 Å². The highest BCUT2D eigenvalue weighted by molar-refractivity contribution is 5.96. The molecule has 2 fully saturated rings. The van der Waals surface area contributed by atoms with E-state index in [2.05, 4.69) is 13.8 Å². The molecule has 4 rings (SSSR count). The number of hydrogen-bond donors (Lipinski definition) is 3. The number of Topliss-reactive ketones (excluding diaryl/α,β-unsaturated/α-hetero) is 1. The first-order valence-corrected chi connectivity index (χ1v) is 11.2. The van der Waals surface area contributed by atoms with Crippen LogP contribution in [0.5, 0.6) is 0 Å². The van der Waals surface area contributed by atoms with Gasteiger partial charge in [0.05, 0.1) is 12.0 Å². The summed E-state index contributed by atoms with van der Waals surface area (Å²) in [6, 6.07) is 0. The second-order valence-corrected chi connectivity index (χ2v) is 10.6. The number of hydrogen-bond acceptors (Lipinski definition) is 6. The highest BCUT2D eigenvalue weighted by atomic mass is 16.6. The van der Waals surface area contributed by atoms with Crippen LogP contribution < -0.4 is 0 Å². The van der Waals surface area contributed by atoms with Gasteiger partial charge in [0.1, 0.15) is 6.10 Å². The molecule has 4 aliphatic rings. The van der Waals surface area contributed by atoms with E-state index in [-0.39, 0.29) is 28.6 Å². The van der Waals surface area contributed by atoms with Crippen molar-refractivity contribution in [2.75, 3.05) is 6.61 Å². The molecule has 6 heteroatoms. The molecule has 0 aromatic rings. The molecule has 0 aromatic heterocycles. The van der Waals surface area contributed by atoms with Crippen molar-refractivity contribution < 1.29 is 29.6 Å². The van der Waals surface area contributed by atoms with Crippen LogP contribution in [0.25, 0.3) is 0 Å². The average molecular weight is 431 g/mol.